The lowest BCUT2D eigenvalue weighted by molar-refractivity contribution is 0.558. The lowest BCUT2D eigenvalue weighted by Crippen LogP contribution is -2.22. The van der Waals surface area contributed by atoms with E-state index in [1.165, 1.54) is 12.0 Å². The average molecular weight is 174 g/mol. The molecule has 1 unspecified atom stereocenters. The van der Waals surface area contributed by atoms with Gasteiger partial charge in [-0.2, -0.15) is 0 Å². The molecule has 1 aliphatic carbocycles. The predicted molar refractivity (Wildman–Crippen MR) is 49.8 cm³/mol. The molecule has 1 fully saturated rings. The fraction of sp³-hybridized carbons (Fsp3) is 0.778. The zero-order valence-electron chi connectivity index (χ0n) is 7.45. The first-order chi connectivity index (χ1) is 5.06. The highest BCUT2D eigenvalue weighted by molar-refractivity contribution is 6.25. The monoisotopic (exact) mass is 173 g/mol. The fourth-order valence-electron chi connectivity index (χ4n) is 1.14. The third-order valence-corrected chi connectivity index (χ3v) is 2.70. The van der Waals surface area contributed by atoms with Crippen LogP contribution in [0.4, 0.5) is 0 Å². The Morgan fingerprint density at radius 1 is 1.73 bits per heavy atom. The van der Waals surface area contributed by atoms with Crippen LogP contribution >= 0.6 is 11.6 Å². The van der Waals surface area contributed by atoms with Gasteiger partial charge in [0.1, 0.15) is 0 Å². The van der Waals surface area contributed by atoms with Crippen molar-refractivity contribution in [3.63, 3.8) is 0 Å². The lowest BCUT2D eigenvalue weighted by atomic mass is 10.2. The van der Waals surface area contributed by atoms with Crippen molar-refractivity contribution in [1.82, 2.24) is 5.32 Å². The molecule has 1 rings (SSSR count). The van der Waals surface area contributed by atoms with Crippen molar-refractivity contribution in [2.24, 2.45) is 5.41 Å². The number of rotatable bonds is 3. The van der Waals surface area contributed by atoms with Crippen LogP contribution in [0.2, 0.25) is 0 Å². The molecule has 1 N–H and O–H groups in total. The van der Waals surface area contributed by atoms with Crippen LogP contribution in [0.1, 0.15) is 27.2 Å². The second-order valence-electron chi connectivity index (χ2n) is 4.08. The maximum atomic E-state index is 5.52. The molecule has 0 aromatic heterocycles. The zero-order valence-corrected chi connectivity index (χ0v) is 8.20. The van der Waals surface area contributed by atoms with Crippen LogP contribution in [0.5, 0.6) is 0 Å². The molecule has 11 heavy (non-hydrogen) atoms. The number of nitrogens with one attached hydrogen (secondary N) is 1. The number of hydrogen-bond donors (Lipinski definition) is 1. The van der Waals surface area contributed by atoms with Gasteiger partial charge in [0.05, 0.1) is 0 Å². The third kappa shape index (κ3) is 2.49. The van der Waals surface area contributed by atoms with Gasteiger partial charge in [0.25, 0.3) is 0 Å². The van der Waals surface area contributed by atoms with Crippen molar-refractivity contribution in [3.05, 3.63) is 11.1 Å². The highest BCUT2D eigenvalue weighted by Gasteiger charge is 2.44. The third-order valence-electron chi connectivity index (χ3n) is 2.33. The Morgan fingerprint density at radius 3 is 2.64 bits per heavy atom. The van der Waals surface area contributed by atoms with Gasteiger partial charge in [-0.15, -0.1) is 0 Å². The smallest absolute Gasteiger partial charge is 0.0176 e. The lowest BCUT2D eigenvalue weighted by Gasteiger charge is -2.05. The van der Waals surface area contributed by atoms with E-state index in [-0.39, 0.29) is 0 Å². The van der Waals surface area contributed by atoms with Gasteiger partial charge >= 0.3 is 0 Å². The predicted octanol–water partition coefficient (Wildman–Crippen LogP) is 2.52. The zero-order chi connectivity index (χ0) is 8.48. The van der Waals surface area contributed by atoms with E-state index in [0.29, 0.717) is 11.5 Å². The largest absolute Gasteiger partial charge is 0.310 e. The van der Waals surface area contributed by atoms with Gasteiger partial charge in [0, 0.05) is 18.1 Å². The van der Waals surface area contributed by atoms with E-state index in [0.717, 1.165) is 6.54 Å². The molecule has 0 saturated heterocycles. The Labute approximate surface area is 73.8 Å². The molecular formula is C9H16ClN. The Balaban J connectivity index is 2.16. The highest BCUT2D eigenvalue weighted by Crippen LogP contribution is 2.44. The van der Waals surface area contributed by atoms with E-state index >= 15 is 0 Å². The summed E-state index contributed by atoms with van der Waals surface area (Å²) < 4.78 is 0. The molecular weight excluding hydrogens is 158 g/mol. The molecule has 1 saturated carbocycles. The molecule has 0 radical (unpaired) electrons. The molecule has 0 amide bonds. The molecule has 0 spiro atoms. The Bertz CT molecular complexity index is 172. The van der Waals surface area contributed by atoms with E-state index in [1.54, 1.807) is 5.54 Å². The molecule has 0 aromatic carbocycles. The van der Waals surface area contributed by atoms with Gasteiger partial charge in [0.2, 0.25) is 0 Å². The second kappa shape index (κ2) is 3.16. The van der Waals surface area contributed by atoms with E-state index in [9.17, 15) is 0 Å². The standard InChI is InChI=1S/C9H16ClN/c1-7(5-10)6-11-8-4-9(8,2)3/h5,8,11H,4,6H2,1-3H3. The topological polar surface area (TPSA) is 12.0 Å². The Morgan fingerprint density at radius 2 is 2.27 bits per heavy atom. The van der Waals surface area contributed by atoms with Crippen molar-refractivity contribution < 1.29 is 0 Å². The molecule has 0 aliphatic heterocycles. The maximum absolute atomic E-state index is 5.52. The van der Waals surface area contributed by atoms with Crippen LogP contribution in [-0.4, -0.2) is 12.6 Å². The van der Waals surface area contributed by atoms with Crippen LogP contribution in [0.15, 0.2) is 11.1 Å². The summed E-state index contributed by atoms with van der Waals surface area (Å²) in [5.74, 6) is 0. The Kier molecular flexibility index (Phi) is 2.61. The van der Waals surface area contributed by atoms with Gasteiger partial charge in [-0.1, -0.05) is 25.4 Å². The summed E-state index contributed by atoms with van der Waals surface area (Å²) in [4.78, 5) is 0. The van der Waals surface area contributed by atoms with Crippen molar-refractivity contribution in [2.45, 2.75) is 33.2 Å². The summed E-state index contributed by atoms with van der Waals surface area (Å²) in [6.45, 7) is 7.53. The van der Waals surface area contributed by atoms with E-state index in [1.807, 2.05) is 6.92 Å². The first kappa shape index (κ1) is 9.08. The molecule has 2 heteroatoms. The number of hydrogen-bond acceptors (Lipinski definition) is 1. The van der Waals surface area contributed by atoms with E-state index < -0.39 is 0 Å². The summed E-state index contributed by atoms with van der Waals surface area (Å²) >= 11 is 5.52. The highest BCUT2D eigenvalue weighted by atomic mass is 35.5. The molecule has 1 nitrogen and oxygen atoms in total. The van der Waals surface area contributed by atoms with Crippen LogP contribution in [-0.2, 0) is 0 Å². The van der Waals surface area contributed by atoms with Crippen LogP contribution in [0, 0.1) is 5.41 Å². The molecule has 64 valence electrons. The van der Waals surface area contributed by atoms with Gasteiger partial charge in [0.15, 0.2) is 0 Å². The summed E-state index contributed by atoms with van der Waals surface area (Å²) in [6.07, 6.45) is 1.29. The van der Waals surface area contributed by atoms with Crippen LogP contribution in [0.3, 0.4) is 0 Å². The fourth-order valence-corrected chi connectivity index (χ4v) is 1.22. The van der Waals surface area contributed by atoms with E-state index in [2.05, 4.69) is 19.2 Å². The molecule has 0 aromatic rings. The first-order valence-corrected chi connectivity index (χ1v) is 4.49. The summed E-state index contributed by atoms with van der Waals surface area (Å²) in [5.41, 5.74) is 3.36. The minimum atomic E-state index is 0.520. The van der Waals surface area contributed by atoms with Crippen LogP contribution < -0.4 is 5.32 Å². The molecule has 0 bridgehead atoms. The second-order valence-corrected chi connectivity index (χ2v) is 4.30. The summed E-state index contributed by atoms with van der Waals surface area (Å²) in [7, 11) is 0. The summed E-state index contributed by atoms with van der Waals surface area (Å²) in [6, 6.07) is 0.703. The normalized spacial score (nSPS) is 28.7. The Hall–Kier alpha value is -0.0100. The molecule has 1 atom stereocenters. The molecule has 0 heterocycles. The van der Waals surface area contributed by atoms with E-state index in [4.69, 9.17) is 11.6 Å². The molecule has 1 aliphatic rings. The summed E-state index contributed by atoms with van der Waals surface area (Å²) in [5, 5.41) is 3.44. The minimum absolute atomic E-state index is 0.520. The van der Waals surface area contributed by atoms with Gasteiger partial charge < -0.3 is 5.32 Å². The van der Waals surface area contributed by atoms with Gasteiger partial charge in [-0.05, 0) is 24.3 Å². The van der Waals surface area contributed by atoms with Gasteiger partial charge in [-0.25, -0.2) is 0 Å². The number of halogens is 1. The van der Waals surface area contributed by atoms with Gasteiger partial charge in [-0.3, -0.25) is 0 Å². The average Bonchev–Trinajstić information content (AvgIpc) is 2.54. The quantitative estimate of drug-likeness (QED) is 0.692. The van der Waals surface area contributed by atoms with Crippen molar-refractivity contribution in [3.8, 4) is 0 Å². The van der Waals surface area contributed by atoms with Crippen molar-refractivity contribution in [1.29, 1.82) is 0 Å². The first-order valence-electron chi connectivity index (χ1n) is 4.05. The maximum Gasteiger partial charge on any atom is 0.0176 e. The minimum Gasteiger partial charge on any atom is -0.310 e. The SMILES string of the molecule is CC(=CCl)CNC1CC1(C)C. The van der Waals surface area contributed by atoms with Crippen molar-refractivity contribution >= 4 is 11.6 Å². The van der Waals surface area contributed by atoms with Crippen molar-refractivity contribution in [2.75, 3.05) is 6.54 Å². The van der Waals surface area contributed by atoms with Crippen LogP contribution in [0.25, 0.3) is 0 Å².